The smallest absolute Gasteiger partial charge is 0.0586 e. The fourth-order valence-electron chi connectivity index (χ4n) is 1.81. The second kappa shape index (κ2) is 3.48. The van der Waals surface area contributed by atoms with Crippen LogP contribution in [-0.2, 0) is 10.2 Å². The molecule has 1 N–H and O–H groups in total. The molecule has 0 amide bonds. The molecule has 1 aliphatic heterocycles. The molecule has 1 aromatic rings. The van der Waals surface area contributed by atoms with Crippen LogP contribution in [-0.4, -0.2) is 24.9 Å². The van der Waals surface area contributed by atoms with Gasteiger partial charge in [-0.1, -0.05) is 30.3 Å². The average Bonchev–Trinajstić information content (AvgIpc) is 2.13. The summed E-state index contributed by atoms with van der Waals surface area (Å²) in [6, 6.07) is 10.3. The van der Waals surface area contributed by atoms with Crippen molar-refractivity contribution in [2.75, 3.05) is 19.8 Å². The first-order valence-electron chi connectivity index (χ1n) is 4.61. The third-order valence-corrected chi connectivity index (χ3v) is 2.73. The highest BCUT2D eigenvalue weighted by Crippen LogP contribution is 2.35. The molecule has 1 aliphatic rings. The highest BCUT2D eigenvalue weighted by atomic mass is 16.5. The van der Waals surface area contributed by atoms with Crippen LogP contribution in [0.5, 0.6) is 0 Å². The first-order valence-corrected chi connectivity index (χ1v) is 4.61. The number of ether oxygens (including phenoxy) is 1. The minimum Gasteiger partial charge on any atom is -0.396 e. The van der Waals surface area contributed by atoms with E-state index in [-0.39, 0.29) is 12.0 Å². The third kappa shape index (κ3) is 1.47. The largest absolute Gasteiger partial charge is 0.396 e. The molecule has 2 nitrogen and oxygen atoms in total. The van der Waals surface area contributed by atoms with Crippen molar-refractivity contribution in [3.63, 3.8) is 0 Å². The van der Waals surface area contributed by atoms with E-state index in [0.29, 0.717) is 0 Å². The van der Waals surface area contributed by atoms with Crippen molar-refractivity contribution < 1.29 is 9.84 Å². The maximum Gasteiger partial charge on any atom is 0.0586 e. The molecule has 0 radical (unpaired) electrons. The summed E-state index contributed by atoms with van der Waals surface area (Å²) in [5, 5.41) is 8.97. The van der Waals surface area contributed by atoms with E-state index in [1.807, 2.05) is 18.2 Å². The molecule has 13 heavy (non-hydrogen) atoms. The molecule has 70 valence electrons. The summed E-state index contributed by atoms with van der Waals surface area (Å²) < 4.78 is 5.23. The first-order chi connectivity index (χ1) is 6.37. The maximum atomic E-state index is 8.97. The second-order valence-corrected chi connectivity index (χ2v) is 3.61. The van der Waals surface area contributed by atoms with Gasteiger partial charge in [0.05, 0.1) is 13.2 Å². The molecule has 0 saturated carbocycles. The minimum atomic E-state index is 0.0933. The van der Waals surface area contributed by atoms with Crippen LogP contribution >= 0.6 is 0 Å². The van der Waals surface area contributed by atoms with Gasteiger partial charge in [0.15, 0.2) is 0 Å². The number of aliphatic hydroxyl groups excluding tert-OH is 1. The van der Waals surface area contributed by atoms with Crippen molar-refractivity contribution in [2.24, 2.45) is 0 Å². The summed E-state index contributed by atoms with van der Waals surface area (Å²) >= 11 is 0. The van der Waals surface area contributed by atoms with E-state index in [1.54, 1.807) is 0 Å². The number of aliphatic hydroxyl groups is 1. The Morgan fingerprint density at radius 1 is 1.23 bits per heavy atom. The van der Waals surface area contributed by atoms with Crippen LogP contribution in [0.15, 0.2) is 30.3 Å². The zero-order valence-electron chi connectivity index (χ0n) is 7.57. The van der Waals surface area contributed by atoms with Crippen LogP contribution in [0.4, 0.5) is 0 Å². The van der Waals surface area contributed by atoms with Gasteiger partial charge >= 0.3 is 0 Å². The summed E-state index contributed by atoms with van der Waals surface area (Å²) in [6.07, 6.45) is 0.803. The van der Waals surface area contributed by atoms with Gasteiger partial charge in [0, 0.05) is 12.0 Å². The van der Waals surface area contributed by atoms with Crippen molar-refractivity contribution in [3.05, 3.63) is 35.9 Å². The summed E-state index contributed by atoms with van der Waals surface area (Å²) in [7, 11) is 0. The molecule has 1 aromatic carbocycles. The number of benzene rings is 1. The molecule has 1 saturated heterocycles. The number of hydrogen-bond donors (Lipinski definition) is 1. The zero-order valence-corrected chi connectivity index (χ0v) is 7.57. The topological polar surface area (TPSA) is 29.5 Å². The molecule has 0 bridgehead atoms. The predicted molar refractivity (Wildman–Crippen MR) is 50.6 cm³/mol. The Hall–Kier alpha value is -0.860. The van der Waals surface area contributed by atoms with E-state index in [4.69, 9.17) is 9.84 Å². The summed E-state index contributed by atoms with van der Waals surface area (Å²) in [5.74, 6) is 0. The molecule has 0 atom stereocenters. The van der Waals surface area contributed by atoms with E-state index in [2.05, 4.69) is 12.1 Å². The highest BCUT2D eigenvalue weighted by Gasteiger charge is 2.39. The molecule has 1 fully saturated rings. The van der Waals surface area contributed by atoms with Crippen molar-refractivity contribution >= 4 is 0 Å². The van der Waals surface area contributed by atoms with E-state index < -0.39 is 0 Å². The van der Waals surface area contributed by atoms with Crippen LogP contribution < -0.4 is 0 Å². The Balaban J connectivity index is 2.22. The van der Waals surface area contributed by atoms with Crippen LogP contribution in [0.1, 0.15) is 12.0 Å². The fourth-order valence-corrected chi connectivity index (χ4v) is 1.81. The normalized spacial score (nSPS) is 19.5. The summed E-state index contributed by atoms with van der Waals surface area (Å²) in [4.78, 5) is 0. The SMILES string of the molecule is OCCC1(c2ccccc2)COC1. The van der Waals surface area contributed by atoms with E-state index in [9.17, 15) is 0 Å². The van der Waals surface area contributed by atoms with E-state index >= 15 is 0 Å². The van der Waals surface area contributed by atoms with Gasteiger partial charge < -0.3 is 9.84 Å². The third-order valence-electron chi connectivity index (χ3n) is 2.73. The minimum absolute atomic E-state index is 0.0933. The van der Waals surface area contributed by atoms with Gasteiger partial charge in [0.25, 0.3) is 0 Å². The number of rotatable bonds is 3. The Kier molecular flexibility index (Phi) is 2.34. The molecule has 0 unspecified atom stereocenters. The molecule has 0 aliphatic carbocycles. The fraction of sp³-hybridized carbons (Fsp3) is 0.455. The molecular formula is C11H14O2. The van der Waals surface area contributed by atoms with Gasteiger partial charge in [-0.2, -0.15) is 0 Å². The standard InChI is InChI=1S/C11H14O2/c12-7-6-11(8-13-9-11)10-4-2-1-3-5-10/h1-5,12H,6-9H2. The highest BCUT2D eigenvalue weighted by molar-refractivity contribution is 5.27. The lowest BCUT2D eigenvalue weighted by molar-refractivity contribution is -0.0700. The van der Waals surface area contributed by atoms with Gasteiger partial charge in [0.2, 0.25) is 0 Å². The zero-order chi connectivity index (χ0) is 9.15. The lowest BCUT2D eigenvalue weighted by Gasteiger charge is -2.41. The average molecular weight is 178 g/mol. The van der Waals surface area contributed by atoms with Crippen LogP contribution in [0.3, 0.4) is 0 Å². The first kappa shape index (κ1) is 8.73. The molecule has 1 heterocycles. The van der Waals surface area contributed by atoms with Gasteiger partial charge in [0.1, 0.15) is 0 Å². The van der Waals surface area contributed by atoms with Crippen molar-refractivity contribution in [1.29, 1.82) is 0 Å². The molecule has 2 rings (SSSR count). The summed E-state index contributed by atoms with van der Waals surface area (Å²) in [6.45, 7) is 1.73. The Bertz CT molecular complexity index is 265. The maximum absolute atomic E-state index is 8.97. The molecular weight excluding hydrogens is 164 g/mol. The van der Waals surface area contributed by atoms with Crippen LogP contribution in [0.25, 0.3) is 0 Å². The predicted octanol–water partition coefficient (Wildman–Crippen LogP) is 1.34. The van der Waals surface area contributed by atoms with Crippen LogP contribution in [0.2, 0.25) is 0 Å². The quantitative estimate of drug-likeness (QED) is 0.756. The Morgan fingerprint density at radius 2 is 1.92 bits per heavy atom. The lowest BCUT2D eigenvalue weighted by Crippen LogP contribution is -2.47. The van der Waals surface area contributed by atoms with Crippen molar-refractivity contribution in [3.8, 4) is 0 Å². The molecule has 2 heteroatoms. The molecule has 0 spiro atoms. The van der Waals surface area contributed by atoms with E-state index in [0.717, 1.165) is 19.6 Å². The Morgan fingerprint density at radius 3 is 2.38 bits per heavy atom. The van der Waals surface area contributed by atoms with Gasteiger partial charge in [-0.25, -0.2) is 0 Å². The Labute approximate surface area is 78.2 Å². The monoisotopic (exact) mass is 178 g/mol. The van der Waals surface area contributed by atoms with Crippen LogP contribution in [0, 0.1) is 0 Å². The van der Waals surface area contributed by atoms with Gasteiger partial charge in [-0.3, -0.25) is 0 Å². The number of hydrogen-bond acceptors (Lipinski definition) is 2. The molecule has 0 aromatic heterocycles. The lowest BCUT2D eigenvalue weighted by atomic mass is 9.76. The van der Waals surface area contributed by atoms with Gasteiger partial charge in [-0.15, -0.1) is 0 Å². The van der Waals surface area contributed by atoms with Crippen molar-refractivity contribution in [1.82, 2.24) is 0 Å². The second-order valence-electron chi connectivity index (χ2n) is 3.61. The van der Waals surface area contributed by atoms with Crippen molar-refractivity contribution in [2.45, 2.75) is 11.8 Å². The van der Waals surface area contributed by atoms with E-state index in [1.165, 1.54) is 5.56 Å². The summed E-state index contributed by atoms with van der Waals surface area (Å²) in [5.41, 5.74) is 1.38. The van der Waals surface area contributed by atoms with Gasteiger partial charge in [-0.05, 0) is 12.0 Å².